The van der Waals surface area contributed by atoms with Gasteiger partial charge >= 0.3 is 6.03 Å². The van der Waals surface area contributed by atoms with Gasteiger partial charge in [0.05, 0.1) is 12.7 Å². The van der Waals surface area contributed by atoms with Crippen LogP contribution in [0.25, 0.3) is 0 Å². The molecule has 2 aliphatic rings. The lowest BCUT2D eigenvalue weighted by atomic mass is 9.80. The summed E-state index contributed by atoms with van der Waals surface area (Å²) in [5, 5.41) is 15.7. The van der Waals surface area contributed by atoms with E-state index < -0.39 is 5.60 Å². The smallest absolute Gasteiger partial charge is 0.314 e. The molecule has 0 aromatic heterocycles. The fourth-order valence-electron chi connectivity index (χ4n) is 3.09. The Hall–Kier alpha value is -1.75. The van der Waals surface area contributed by atoms with Crippen molar-refractivity contribution in [1.29, 1.82) is 0 Å². The molecular weight excluding hydrogens is 280 g/mol. The first kappa shape index (κ1) is 15.2. The molecule has 0 bridgehead atoms. The maximum absolute atomic E-state index is 11.9. The van der Waals surface area contributed by atoms with Crippen LogP contribution in [0.5, 0.6) is 5.75 Å². The maximum atomic E-state index is 11.9. The van der Waals surface area contributed by atoms with Crippen molar-refractivity contribution in [2.45, 2.75) is 43.1 Å². The number of ether oxygens (including phenoxy) is 1. The summed E-state index contributed by atoms with van der Waals surface area (Å²) in [6, 6.07) is 7.79. The average Bonchev–Trinajstić information content (AvgIpc) is 3.30. The molecule has 0 radical (unpaired) electrons. The summed E-state index contributed by atoms with van der Waals surface area (Å²) in [6.45, 7) is 0.929. The van der Waals surface area contributed by atoms with Crippen LogP contribution in [-0.4, -0.2) is 36.9 Å². The Balaban J connectivity index is 1.53. The highest BCUT2D eigenvalue weighted by atomic mass is 16.5. The zero-order chi connectivity index (χ0) is 15.6. The molecule has 2 saturated carbocycles. The Kier molecular flexibility index (Phi) is 4.00. The molecule has 22 heavy (non-hydrogen) atoms. The van der Waals surface area contributed by atoms with Crippen LogP contribution < -0.4 is 15.4 Å². The van der Waals surface area contributed by atoms with Crippen LogP contribution in [0, 0.1) is 0 Å². The first-order valence-corrected chi connectivity index (χ1v) is 7.95. The quantitative estimate of drug-likeness (QED) is 0.752. The molecule has 1 aromatic carbocycles. The molecule has 0 heterocycles. The van der Waals surface area contributed by atoms with Crippen molar-refractivity contribution in [1.82, 2.24) is 10.6 Å². The van der Waals surface area contributed by atoms with Crippen molar-refractivity contribution >= 4 is 6.03 Å². The highest BCUT2D eigenvalue weighted by Crippen LogP contribution is 2.50. The van der Waals surface area contributed by atoms with Gasteiger partial charge < -0.3 is 20.5 Å². The third-order valence-electron chi connectivity index (χ3n) is 4.98. The van der Waals surface area contributed by atoms with Gasteiger partial charge in [-0.1, -0.05) is 18.2 Å². The molecule has 0 unspecified atom stereocenters. The number of methoxy groups -OCH3 is 1. The van der Waals surface area contributed by atoms with Gasteiger partial charge in [-0.15, -0.1) is 0 Å². The number of rotatable bonds is 6. The largest absolute Gasteiger partial charge is 0.496 e. The van der Waals surface area contributed by atoms with Gasteiger partial charge in [-0.3, -0.25) is 0 Å². The van der Waals surface area contributed by atoms with Crippen molar-refractivity contribution in [3.8, 4) is 5.75 Å². The molecule has 2 amide bonds. The molecule has 2 fully saturated rings. The van der Waals surface area contributed by atoms with Crippen LogP contribution in [0.2, 0.25) is 0 Å². The Bertz CT molecular complexity index is 551. The normalized spacial score (nSPS) is 20.6. The summed E-state index contributed by atoms with van der Waals surface area (Å²) < 4.78 is 5.43. The second kappa shape index (κ2) is 5.80. The number of carbonyl (C=O) groups is 1. The topological polar surface area (TPSA) is 70.6 Å². The number of hydrogen-bond donors (Lipinski definition) is 3. The van der Waals surface area contributed by atoms with Gasteiger partial charge in [0.25, 0.3) is 0 Å². The monoisotopic (exact) mass is 304 g/mol. The lowest BCUT2D eigenvalue weighted by molar-refractivity contribution is -0.0290. The minimum atomic E-state index is -0.683. The zero-order valence-corrected chi connectivity index (χ0v) is 13.0. The summed E-state index contributed by atoms with van der Waals surface area (Å²) in [5.41, 5.74) is 0.476. The van der Waals surface area contributed by atoms with E-state index in [9.17, 15) is 9.90 Å². The molecular formula is C17H24N2O3. The minimum absolute atomic E-state index is 0.00266. The Labute approximate surface area is 131 Å². The lowest BCUT2D eigenvalue weighted by Gasteiger charge is -2.36. The highest BCUT2D eigenvalue weighted by molar-refractivity contribution is 5.74. The molecule has 0 atom stereocenters. The first-order valence-electron chi connectivity index (χ1n) is 7.95. The molecule has 0 saturated heterocycles. The number of carbonyl (C=O) groups excluding carboxylic acids is 1. The highest BCUT2D eigenvalue weighted by Gasteiger charge is 2.46. The van der Waals surface area contributed by atoms with Gasteiger partial charge in [0.15, 0.2) is 0 Å². The second-order valence-corrected chi connectivity index (χ2v) is 6.59. The number of hydrogen-bond acceptors (Lipinski definition) is 3. The van der Waals surface area contributed by atoms with Crippen LogP contribution in [0.15, 0.2) is 24.3 Å². The number of nitrogens with one attached hydrogen (secondary N) is 2. The Morgan fingerprint density at radius 2 is 1.86 bits per heavy atom. The van der Waals surface area contributed by atoms with Crippen molar-refractivity contribution < 1.29 is 14.6 Å². The van der Waals surface area contributed by atoms with E-state index in [1.54, 1.807) is 7.11 Å². The van der Waals surface area contributed by atoms with Gasteiger partial charge in [-0.05, 0) is 38.2 Å². The number of para-hydroxylation sites is 1. The third-order valence-corrected chi connectivity index (χ3v) is 4.98. The van der Waals surface area contributed by atoms with Crippen molar-refractivity contribution in [2.75, 3.05) is 20.2 Å². The molecule has 120 valence electrons. The SMILES string of the molecule is COc1ccccc1C1(CNC(=O)NCC2(O)CCC2)CC1. The Morgan fingerprint density at radius 1 is 1.18 bits per heavy atom. The number of aliphatic hydroxyl groups is 1. The lowest BCUT2D eigenvalue weighted by Crippen LogP contribution is -2.50. The van der Waals surface area contributed by atoms with E-state index in [0.29, 0.717) is 13.1 Å². The molecule has 3 rings (SSSR count). The van der Waals surface area contributed by atoms with E-state index in [2.05, 4.69) is 16.7 Å². The minimum Gasteiger partial charge on any atom is -0.496 e. The van der Waals surface area contributed by atoms with Crippen LogP contribution in [0.4, 0.5) is 4.79 Å². The number of amides is 2. The van der Waals surface area contributed by atoms with Gasteiger partial charge in [0.1, 0.15) is 5.75 Å². The van der Waals surface area contributed by atoms with Crippen LogP contribution in [0.1, 0.15) is 37.7 Å². The summed E-state index contributed by atoms with van der Waals surface area (Å²) in [5.74, 6) is 0.881. The fourth-order valence-corrected chi connectivity index (χ4v) is 3.09. The van der Waals surface area contributed by atoms with E-state index in [-0.39, 0.29) is 11.4 Å². The zero-order valence-electron chi connectivity index (χ0n) is 13.0. The Morgan fingerprint density at radius 3 is 2.45 bits per heavy atom. The van der Waals surface area contributed by atoms with Gasteiger partial charge in [0.2, 0.25) is 0 Å². The van der Waals surface area contributed by atoms with Crippen LogP contribution >= 0.6 is 0 Å². The number of urea groups is 1. The third kappa shape index (κ3) is 3.04. The van der Waals surface area contributed by atoms with Gasteiger partial charge in [-0.2, -0.15) is 0 Å². The molecule has 1 aromatic rings. The van der Waals surface area contributed by atoms with Gasteiger partial charge in [-0.25, -0.2) is 4.79 Å². The van der Waals surface area contributed by atoms with E-state index in [1.807, 2.05) is 18.2 Å². The van der Waals surface area contributed by atoms with Gasteiger partial charge in [0, 0.05) is 24.1 Å². The standard InChI is InChI=1S/C17H24N2O3/c1-22-14-6-3-2-5-13(14)16(9-10-16)11-18-15(20)19-12-17(21)7-4-8-17/h2-3,5-6,21H,4,7-12H2,1H3,(H2,18,19,20). The molecule has 2 aliphatic carbocycles. The predicted molar refractivity (Wildman–Crippen MR) is 84.1 cm³/mol. The fraction of sp³-hybridized carbons (Fsp3) is 0.588. The van der Waals surface area contributed by atoms with Crippen LogP contribution in [0.3, 0.4) is 0 Å². The molecule has 0 aliphatic heterocycles. The number of benzene rings is 1. The summed E-state index contributed by atoms with van der Waals surface area (Å²) in [4.78, 5) is 11.9. The van der Waals surface area contributed by atoms with E-state index >= 15 is 0 Å². The first-order chi connectivity index (χ1) is 10.6. The summed E-state index contributed by atoms with van der Waals surface area (Å²) in [7, 11) is 1.67. The molecule has 5 heteroatoms. The van der Waals surface area contributed by atoms with E-state index in [1.165, 1.54) is 0 Å². The average molecular weight is 304 g/mol. The van der Waals surface area contributed by atoms with E-state index in [0.717, 1.165) is 43.4 Å². The molecule has 3 N–H and O–H groups in total. The molecule has 5 nitrogen and oxygen atoms in total. The summed E-state index contributed by atoms with van der Waals surface area (Å²) >= 11 is 0. The summed E-state index contributed by atoms with van der Waals surface area (Å²) in [6.07, 6.45) is 4.70. The van der Waals surface area contributed by atoms with Crippen molar-refractivity contribution in [2.24, 2.45) is 0 Å². The predicted octanol–water partition coefficient (Wildman–Crippen LogP) is 1.94. The van der Waals surface area contributed by atoms with E-state index in [4.69, 9.17) is 4.74 Å². The molecule has 0 spiro atoms. The maximum Gasteiger partial charge on any atom is 0.314 e. The second-order valence-electron chi connectivity index (χ2n) is 6.59. The van der Waals surface area contributed by atoms with Crippen LogP contribution in [-0.2, 0) is 5.41 Å². The van der Waals surface area contributed by atoms with Crippen molar-refractivity contribution in [3.05, 3.63) is 29.8 Å². The van der Waals surface area contributed by atoms with Crippen molar-refractivity contribution in [3.63, 3.8) is 0 Å².